The number of carbonyl (C=O) groups excluding carboxylic acids is 2. The van der Waals surface area contributed by atoms with Crippen molar-refractivity contribution in [3.05, 3.63) is 87.6 Å². The van der Waals surface area contributed by atoms with Crippen molar-refractivity contribution in [2.45, 2.75) is 6.92 Å². The largest absolute Gasteiger partial charge is 0.464 e. The number of esters is 1. The van der Waals surface area contributed by atoms with Gasteiger partial charge in [0.2, 0.25) is 0 Å². The molecule has 0 atom stereocenters. The third-order valence-electron chi connectivity index (χ3n) is 4.11. The van der Waals surface area contributed by atoms with E-state index < -0.39 is 29.1 Å². The number of carbonyl (C=O) groups is 2. The Balaban J connectivity index is 1.96. The average Bonchev–Trinajstić information content (AvgIpc) is 2.70. The van der Waals surface area contributed by atoms with E-state index in [0.717, 1.165) is 22.8 Å². The third kappa shape index (κ3) is 4.03. The molecule has 0 aliphatic carbocycles. The van der Waals surface area contributed by atoms with Crippen molar-refractivity contribution in [1.29, 1.82) is 0 Å². The monoisotopic (exact) mass is 399 g/mol. The molecule has 2 aromatic heterocycles. The van der Waals surface area contributed by atoms with Gasteiger partial charge >= 0.3 is 5.97 Å². The molecule has 7 nitrogen and oxygen atoms in total. The molecule has 29 heavy (non-hydrogen) atoms. The molecule has 3 aromatic rings. The second kappa shape index (κ2) is 8.01. The summed E-state index contributed by atoms with van der Waals surface area (Å²) in [6, 6.07) is 6.89. The number of nitrogens with zero attached hydrogens (tertiary/aromatic N) is 2. The molecule has 1 amide bonds. The molecule has 0 fully saturated rings. The number of aryl methyl sites for hydroxylation is 1. The third-order valence-corrected chi connectivity index (χ3v) is 4.11. The van der Waals surface area contributed by atoms with Crippen molar-refractivity contribution in [1.82, 2.24) is 9.55 Å². The summed E-state index contributed by atoms with van der Waals surface area (Å²) >= 11 is 0. The van der Waals surface area contributed by atoms with E-state index in [0.29, 0.717) is 5.56 Å². The second-order valence-corrected chi connectivity index (χ2v) is 6.02. The van der Waals surface area contributed by atoms with Crippen LogP contribution in [0.5, 0.6) is 0 Å². The molecule has 0 aliphatic heterocycles. The van der Waals surface area contributed by atoms with Gasteiger partial charge in [0, 0.05) is 12.3 Å². The Labute approximate surface area is 163 Å². The first-order chi connectivity index (χ1) is 13.8. The maximum atomic E-state index is 14.1. The topological polar surface area (TPSA) is 90.3 Å². The Morgan fingerprint density at radius 1 is 1.14 bits per heavy atom. The lowest BCUT2D eigenvalue weighted by molar-refractivity contribution is 0.0594. The Morgan fingerprint density at radius 2 is 1.90 bits per heavy atom. The fourth-order valence-electron chi connectivity index (χ4n) is 2.65. The smallest absolute Gasteiger partial charge is 0.356 e. The molecule has 0 radical (unpaired) electrons. The van der Waals surface area contributed by atoms with E-state index in [-0.39, 0.29) is 22.6 Å². The van der Waals surface area contributed by atoms with Gasteiger partial charge in [0.15, 0.2) is 0 Å². The lowest BCUT2D eigenvalue weighted by Crippen LogP contribution is -2.30. The predicted octanol–water partition coefficient (Wildman–Crippen LogP) is 2.86. The zero-order valence-electron chi connectivity index (χ0n) is 15.4. The van der Waals surface area contributed by atoms with Crippen LogP contribution in [0.2, 0.25) is 0 Å². The molecule has 1 aromatic carbocycles. The Morgan fingerprint density at radius 3 is 2.55 bits per heavy atom. The van der Waals surface area contributed by atoms with Gasteiger partial charge in [-0.3, -0.25) is 14.2 Å². The quantitative estimate of drug-likeness (QED) is 0.682. The summed E-state index contributed by atoms with van der Waals surface area (Å²) in [6.07, 6.45) is 2.49. The molecule has 1 N–H and O–H groups in total. The zero-order chi connectivity index (χ0) is 21.1. The first-order valence-electron chi connectivity index (χ1n) is 8.35. The molecule has 0 saturated carbocycles. The number of ether oxygens (including phenoxy) is 1. The number of benzene rings is 1. The van der Waals surface area contributed by atoms with E-state index in [1.807, 2.05) is 0 Å². The van der Waals surface area contributed by atoms with Crippen LogP contribution in [0.1, 0.15) is 26.4 Å². The fraction of sp³-hybridized carbons (Fsp3) is 0.100. The summed E-state index contributed by atoms with van der Waals surface area (Å²) < 4.78 is 33.0. The van der Waals surface area contributed by atoms with E-state index in [1.165, 1.54) is 37.7 Å². The van der Waals surface area contributed by atoms with Gasteiger partial charge < -0.3 is 10.1 Å². The normalized spacial score (nSPS) is 10.5. The highest BCUT2D eigenvalue weighted by Crippen LogP contribution is 2.15. The second-order valence-electron chi connectivity index (χ2n) is 6.02. The summed E-state index contributed by atoms with van der Waals surface area (Å²) in [5.74, 6) is -2.93. The minimum absolute atomic E-state index is 0.0466. The fourth-order valence-corrected chi connectivity index (χ4v) is 2.65. The zero-order valence-corrected chi connectivity index (χ0v) is 15.4. The Hall–Kier alpha value is -3.88. The van der Waals surface area contributed by atoms with Crippen LogP contribution in [-0.2, 0) is 4.74 Å². The van der Waals surface area contributed by atoms with Crippen LogP contribution in [-0.4, -0.2) is 28.5 Å². The summed E-state index contributed by atoms with van der Waals surface area (Å²) in [5.41, 5.74) is -0.744. The van der Waals surface area contributed by atoms with Gasteiger partial charge in [-0.1, -0.05) is 0 Å². The molecule has 148 valence electrons. The number of rotatable bonds is 4. The number of pyridine rings is 2. The van der Waals surface area contributed by atoms with Crippen LogP contribution in [0.25, 0.3) is 5.69 Å². The van der Waals surface area contributed by atoms with Gasteiger partial charge in [-0.25, -0.2) is 18.6 Å². The predicted molar refractivity (Wildman–Crippen MR) is 100 cm³/mol. The number of hydrogen-bond acceptors (Lipinski definition) is 5. The molecule has 0 unspecified atom stereocenters. The van der Waals surface area contributed by atoms with Gasteiger partial charge in [0.05, 0.1) is 24.7 Å². The van der Waals surface area contributed by atoms with Crippen molar-refractivity contribution >= 4 is 17.6 Å². The molecular weight excluding hydrogens is 384 g/mol. The lowest BCUT2D eigenvalue weighted by atomic mass is 10.1. The van der Waals surface area contributed by atoms with E-state index in [1.54, 1.807) is 6.92 Å². The van der Waals surface area contributed by atoms with E-state index in [9.17, 15) is 23.2 Å². The number of hydrogen-bond donors (Lipinski definition) is 1. The highest BCUT2D eigenvalue weighted by molar-refractivity contribution is 6.05. The summed E-state index contributed by atoms with van der Waals surface area (Å²) in [5, 5.41) is 2.49. The van der Waals surface area contributed by atoms with Crippen LogP contribution in [0.15, 0.2) is 53.6 Å². The number of amides is 1. The Kier molecular flexibility index (Phi) is 5.49. The molecule has 9 heteroatoms. The van der Waals surface area contributed by atoms with Crippen molar-refractivity contribution in [2.24, 2.45) is 0 Å². The molecule has 3 rings (SSSR count). The summed E-state index contributed by atoms with van der Waals surface area (Å²) in [4.78, 5) is 40.7. The molecule has 0 spiro atoms. The van der Waals surface area contributed by atoms with Crippen LogP contribution in [0.4, 0.5) is 14.5 Å². The van der Waals surface area contributed by atoms with E-state index in [2.05, 4.69) is 15.0 Å². The highest BCUT2D eigenvalue weighted by atomic mass is 19.1. The van der Waals surface area contributed by atoms with Crippen molar-refractivity contribution < 1.29 is 23.1 Å². The number of methoxy groups -OCH3 is 1. The Bertz CT molecular complexity index is 1160. The van der Waals surface area contributed by atoms with Crippen molar-refractivity contribution in [3.8, 4) is 5.69 Å². The van der Waals surface area contributed by atoms with Gasteiger partial charge in [-0.15, -0.1) is 0 Å². The lowest BCUT2D eigenvalue weighted by Gasteiger charge is -2.12. The van der Waals surface area contributed by atoms with Gasteiger partial charge in [-0.05, 0) is 42.8 Å². The maximum absolute atomic E-state index is 14.1. The average molecular weight is 399 g/mol. The standard InChI is InChI=1S/C20H15F2N3O4/c1-11-7-8-25(16-9-12(21)3-5-14(16)22)19(27)17(11)18(26)24-13-4-6-15(23-10-13)20(28)29-2/h3-10H,1-2H3,(H,24,26). The first-order valence-corrected chi connectivity index (χ1v) is 8.35. The molecular formula is C20H15F2N3O4. The van der Waals surface area contributed by atoms with Crippen LogP contribution in [0, 0.1) is 18.6 Å². The van der Waals surface area contributed by atoms with Crippen LogP contribution >= 0.6 is 0 Å². The number of aromatic nitrogens is 2. The molecule has 2 heterocycles. The van der Waals surface area contributed by atoms with Crippen LogP contribution in [0.3, 0.4) is 0 Å². The van der Waals surface area contributed by atoms with E-state index in [4.69, 9.17) is 0 Å². The molecule has 0 bridgehead atoms. The minimum atomic E-state index is -0.814. The number of nitrogens with one attached hydrogen (secondary N) is 1. The number of halogens is 2. The summed E-state index contributed by atoms with van der Waals surface area (Å²) in [6.45, 7) is 1.54. The van der Waals surface area contributed by atoms with Gasteiger partial charge in [-0.2, -0.15) is 0 Å². The maximum Gasteiger partial charge on any atom is 0.356 e. The van der Waals surface area contributed by atoms with Crippen molar-refractivity contribution in [3.63, 3.8) is 0 Å². The molecule has 0 saturated heterocycles. The molecule has 0 aliphatic rings. The van der Waals surface area contributed by atoms with Gasteiger partial charge in [0.1, 0.15) is 22.9 Å². The first kappa shape index (κ1) is 19.9. The number of anilines is 1. The summed E-state index contributed by atoms with van der Waals surface area (Å²) in [7, 11) is 1.21. The highest BCUT2D eigenvalue weighted by Gasteiger charge is 2.19. The SMILES string of the molecule is COC(=O)c1ccc(NC(=O)c2c(C)ccn(-c3cc(F)ccc3F)c2=O)cn1. The van der Waals surface area contributed by atoms with Crippen molar-refractivity contribution in [2.75, 3.05) is 12.4 Å². The minimum Gasteiger partial charge on any atom is -0.464 e. The van der Waals surface area contributed by atoms with E-state index >= 15 is 0 Å². The van der Waals surface area contributed by atoms with Crippen LogP contribution < -0.4 is 10.9 Å². The van der Waals surface area contributed by atoms with Gasteiger partial charge in [0.25, 0.3) is 11.5 Å².